The molecule has 13 heteroatoms. The van der Waals surface area contributed by atoms with Gasteiger partial charge in [0.2, 0.25) is 15.9 Å². The molecule has 0 spiro atoms. The molecule has 30 heavy (non-hydrogen) atoms. The molecule has 3 rings (SSSR count). The van der Waals surface area contributed by atoms with Crippen molar-refractivity contribution in [3.05, 3.63) is 34.4 Å². The van der Waals surface area contributed by atoms with Crippen LogP contribution in [0.5, 0.6) is 0 Å². The van der Waals surface area contributed by atoms with E-state index in [1.165, 1.54) is 21.4 Å². The largest absolute Gasteiger partial charge is 0.338 e. The molecule has 0 N–H and O–H groups in total. The van der Waals surface area contributed by atoms with Crippen molar-refractivity contribution in [2.24, 2.45) is 0 Å². The van der Waals surface area contributed by atoms with Crippen LogP contribution in [0.1, 0.15) is 32.0 Å². The first-order chi connectivity index (χ1) is 14.2. The van der Waals surface area contributed by atoms with Crippen molar-refractivity contribution in [2.75, 3.05) is 26.2 Å². The lowest BCUT2D eigenvalue weighted by Crippen LogP contribution is -2.52. The van der Waals surface area contributed by atoms with Crippen LogP contribution in [-0.4, -0.2) is 74.2 Å². The summed E-state index contributed by atoms with van der Waals surface area (Å²) >= 11 is 0. The monoisotopic (exact) mass is 439 g/mol. The van der Waals surface area contributed by atoms with Crippen LogP contribution < -0.4 is 0 Å². The van der Waals surface area contributed by atoms with E-state index in [9.17, 15) is 23.3 Å². The van der Waals surface area contributed by atoms with E-state index in [4.69, 9.17) is 0 Å². The molecule has 1 aliphatic rings. The molecule has 0 aliphatic carbocycles. The molecule has 0 saturated carbocycles. The van der Waals surface area contributed by atoms with Crippen LogP contribution in [0.3, 0.4) is 0 Å². The van der Waals surface area contributed by atoms with Gasteiger partial charge < -0.3 is 4.90 Å². The molecule has 2 aromatic heterocycles. The summed E-state index contributed by atoms with van der Waals surface area (Å²) in [6, 6.07) is -0.674. The van der Waals surface area contributed by atoms with E-state index in [0.717, 1.165) is 6.20 Å². The summed E-state index contributed by atoms with van der Waals surface area (Å²) in [6.45, 7) is 6.71. The van der Waals surface area contributed by atoms with Gasteiger partial charge in [-0.3, -0.25) is 24.3 Å². The van der Waals surface area contributed by atoms with E-state index in [1.54, 1.807) is 23.4 Å². The molecule has 2 aromatic rings. The minimum atomic E-state index is -3.70. The number of carbonyl (C=O) groups is 1. The van der Waals surface area contributed by atoms with E-state index in [2.05, 4.69) is 10.2 Å². The highest BCUT2D eigenvalue weighted by Gasteiger charge is 2.34. The fraction of sp³-hybridized carbons (Fsp3) is 0.588. The van der Waals surface area contributed by atoms with E-state index >= 15 is 0 Å². The number of nitro groups is 1. The first-order valence-corrected chi connectivity index (χ1v) is 11.1. The van der Waals surface area contributed by atoms with Crippen molar-refractivity contribution in [1.82, 2.24) is 28.8 Å². The summed E-state index contributed by atoms with van der Waals surface area (Å²) in [6.07, 6.45) is 4.28. The lowest BCUT2D eigenvalue weighted by Gasteiger charge is -2.35. The second kappa shape index (κ2) is 8.52. The molecule has 12 nitrogen and oxygen atoms in total. The molecule has 1 unspecified atom stereocenters. The SMILES string of the molecule is CCC(C(=O)N1CCN(S(=O)(=O)c2cn(CC)nc2C)CC1)n1cc([N+](=O)[O-])cn1. The number of hydrogen-bond acceptors (Lipinski definition) is 7. The molecule has 1 atom stereocenters. The minimum Gasteiger partial charge on any atom is -0.338 e. The van der Waals surface area contributed by atoms with Crippen molar-refractivity contribution in [1.29, 1.82) is 0 Å². The number of carbonyl (C=O) groups excluding carboxylic acids is 1. The molecule has 1 fully saturated rings. The number of rotatable bonds is 7. The van der Waals surface area contributed by atoms with Gasteiger partial charge in [-0.05, 0) is 20.3 Å². The summed E-state index contributed by atoms with van der Waals surface area (Å²) in [5.41, 5.74) is 0.266. The number of aromatic nitrogens is 4. The van der Waals surface area contributed by atoms with Crippen molar-refractivity contribution in [2.45, 2.75) is 44.7 Å². The van der Waals surface area contributed by atoms with Gasteiger partial charge in [-0.15, -0.1) is 0 Å². The Morgan fingerprint density at radius 3 is 2.40 bits per heavy atom. The molecule has 0 radical (unpaired) electrons. The Hall–Kier alpha value is -2.80. The van der Waals surface area contributed by atoms with Crippen LogP contribution in [0.2, 0.25) is 0 Å². The third kappa shape index (κ3) is 4.07. The molecular formula is C17H25N7O5S. The molecule has 1 aliphatic heterocycles. The van der Waals surface area contributed by atoms with Gasteiger partial charge in [-0.1, -0.05) is 6.92 Å². The Morgan fingerprint density at radius 1 is 1.23 bits per heavy atom. The normalized spacial score (nSPS) is 16.6. The van der Waals surface area contributed by atoms with Gasteiger partial charge in [0.1, 0.15) is 23.3 Å². The molecule has 3 heterocycles. The molecule has 1 saturated heterocycles. The second-order valence-corrected chi connectivity index (χ2v) is 8.93. The number of amides is 1. The van der Waals surface area contributed by atoms with Gasteiger partial charge in [0.25, 0.3) is 0 Å². The van der Waals surface area contributed by atoms with Gasteiger partial charge in [-0.2, -0.15) is 14.5 Å². The third-order valence-electron chi connectivity index (χ3n) is 5.18. The second-order valence-electron chi connectivity index (χ2n) is 7.02. The van der Waals surface area contributed by atoms with Crippen LogP contribution in [0.15, 0.2) is 23.5 Å². The molecule has 0 aromatic carbocycles. The van der Waals surface area contributed by atoms with Crippen molar-refractivity contribution >= 4 is 21.6 Å². The number of sulfonamides is 1. The molecule has 164 valence electrons. The maximum absolute atomic E-state index is 13.0. The van der Waals surface area contributed by atoms with Gasteiger partial charge >= 0.3 is 5.69 Å². The zero-order chi connectivity index (χ0) is 22.1. The average Bonchev–Trinajstić information content (AvgIpc) is 3.36. The first kappa shape index (κ1) is 21.9. The maximum atomic E-state index is 13.0. The van der Waals surface area contributed by atoms with Crippen molar-refractivity contribution < 1.29 is 18.1 Å². The maximum Gasteiger partial charge on any atom is 0.307 e. The summed E-state index contributed by atoms with van der Waals surface area (Å²) in [4.78, 5) is 25.0. The number of aryl methyl sites for hydroxylation is 2. The highest BCUT2D eigenvalue weighted by Crippen LogP contribution is 2.23. The Labute approximate surface area is 174 Å². The summed E-state index contributed by atoms with van der Waals surface area (Å²) in [7, 11) is -3.70. The smallest absolute Gasteiger partial charge is 0.307 e. The molecular weight excluding hydrogens is 414 g/mol. The predicted octanol–water partition coefficient (Wildman–Crippen LogP) is 0.800. The van der Waals surface area contributed by atoms with E-state index < -0.39 is 21.0 Å². The van der Waals surface area contributed by atoms with Gasteiger partial charge in [0.05, 0.1) is 10.6 Å². The quantitative estimate of drug-likeness (QED) is 0.460. The summed E-state index contributed by atoms with van der Waals surface area (Å²) in [5.74, 6) is -0.234. The summed E-state index contributed by atoms with van der Waals surface area (Å²) < 4.78 is 30.2. The predicted molar refractivity (Wildman–Crippen MR) is 106 cm³/mol. The first-order valence-electron chi connectivity index (χ1n) is 9.70. The zero-order valence-electron chi connectivity index (χ0n) is 17.1. The molecule has 0 bridgehead atoms. The van der Waals surface area contributed by atoms with Crippen molar-refractivity contribution in [3.63, 3.8) is 0 Å². The highest BCUT2D eigenvalue weighted by atomic mass is 32.2. The third-order valence-corrected chi connectivity index (χ3v) is 7.18. The zero-order valence-corrected chi connectivity index (χ0v) is 17.9. The van der Waals surface area contributed by atoms with Crippen molar-refractivity contribution in [3.8, 4) is 0 Å². The van der Waals surface area contributed by atoms with Gasteiger partial charge in [0.15, 0.2) is 0 Å². The van der Waals surface area contributed by atoms with Gasteiger partial charge in [0, 0.05) is 38.9 Å². The molecule has 1 amide bonds. The van der Waals surface area contributed by atoms with E-state index in [1.807, 2.05) is 6.92 Å². The van der Waals surface area contributed by atoms with E-state index in [0.29, 0.717) is 18.7 Å². The van der Waals surface area contributed by atoms with E-state index in [-0.39, 0.29) is 42.7 Å². The highest BCUT2D eigenvalue weighted by molar-refractivity contribution is 7.89. The Bertz CT molecular complexity index is 1040. The topological polar surface area (TPSA) is 136 Å². The Morgan fingerprint density at radius 2 is 1.90 bits per heavy atom. The van der Waals surface area contributed by atoms with Crippen LogP contribution >= 0.6 is 0 Å². The lowest BCUT2D eigenvalue weighted by atomic mass is 10.2. The standard InChI is InChI=1S/C17H25N7O5S/c1-4-15(23-11-14(10-18-23)24(26)27)17(25)20-6-8-22(9-7-20)30(28,29)16-12-21(5-2)19-13(16)3/h10-12,15H,4-9H2,1-3H3. The average molecular weight is 439 g/mol. The summed E-state index contributed by atoms with van der Waals surface area (Å²) in [5, 5.41) is 19.0. The fourth-order valence-corrected chi connectivity index (χ4v) is 5.07. The van der Waals surface area contributed by atoms with Crippen LogP contribution in [0.4, 0.5) is 5.69 Å². The Kier molecular flexibility index (Phi) is 6.22. The number of nitrogens with zero attached hydrogens (tertiary/aromatic N) is 7. The minimum absolute atomic E-state index is 0.167. The number of piperazine rings is 1. The van der Waals surface area contributed by atoms with Gasteiger partial charge in [-0.25, -0.2) is 8.42 Å². The van der Waals surface area contributed by atoms with Crippen LogP contribution in [0, 0.1) is 17.0 Å². The van der Waals surface area contributed by atoms with Crippen LogP contribution in [-0.2, 0) is 21.4 Å². The van der Waals surface area contributed by atoms with Crippen LogP contribution in [0.25, 0.3) is 0 Å². The fourth-order valence-electron chi connectivity index (χ4n) is 3.48. The lowest BCUT2D eigenvalue weighted by molar-refractivity contribution is -0.385. The number of hydrogen-bond donors (Lipinski definition) is 0. The Balaban J connectivity index is 1.69.